The van der Waals surface area contributed by atoms with Gasteiger partial charge in [0, 0.05) is 23.7 Å². The summed E-state index contributed by atoms with van der Waals surface area (Å²) in [6.45, 7) is 2.35. The highest BCUT2D eigenvalue weighted by Gasteiger charge is 2.18. The van der Waals surface area contributed by atoms with Crippen LogP contribution in [0.15, 0.2) is 66.7 Å². The average Bonchev–Trinajstić information content (AvgIpc) is 3.22. The van der Waals surface area contributed by atoms with Gasteiger partial charge in [-0.25, -0.2) is 4.98 Å². The summed E-state index contributed by atoms with van der Waals surface area (Å²) < 4.78 is 6.39. The third-order valence-electron chi connectivity index (χ3n) is 4.67. The number of thiazole rings is 1. The average molecular weight is 433 g/mol. The van der Waals surface area contributed by atoms with E-state index in [1.165, 1.54) is 18.2 Å². The number of hydrogen-bond donors (Lipinski definition) is 1. The van der Waals surface area contributed by atoms with Crippen LogP contribution in [0.25, 0.3) is 20.8 Å². The third kappa shape index (κ3) is 4.54. The zero-order valence-corrected chi connectivity index (χ0v) is 17.5. The van der Waals surface area contributed by atoms with Crippen LogP contribution in [-0.4, -0.2) is 22.4 Å². The lowest BCUT2D eigenvalue weighted by molar-refractivity contribution is -0.385. The van der Waals surface area contributed by atoms with Gasteiger partial charge in [0.15, 0.2) is 5.75 Å². The number of nitrogens with zero attached hydrogens (tertiary/aromatic N) is 2. The van der Waals surface area contributed by atoms with Gasteiger partial charge in [0.1, 0.15) is 5.01 Å². The molecule has 0 fully saturated rings. The smallest absolute Gasteiger partial charge is 0.311 e. The Morgan fingerprint density at radius 3 is 2.61 bits per heavy atom. The molecule has 1 aromatic heterocycles. The summed E-state index contributed by atoms with van der Waals surface area (Å²) in [7, 11) is 0. The molecule has 0 radical (unpaired) electrons. The Balaban J connectivity index is 1.44. The molecule has 0 saturated heterocycles. The third-order valence-corrected chi connectivity index (χ3v) is 5.75. The van der Waals surface area contributed by atoms with Crippen LogP contribution in [0.1, 0.15) is 22.8 Å². The minimum atomic E-state index is -0.553. The Labute approximate surface area is 182 Å². The van der Waals surface area contributed by atoms with E-state index in [4.69, 9.17) is 4.74 Å². The van der Waals surface area contributed by atoms with Crippen molar-refractivity contribution >= 4 is 33.1 Å². The second kappa shape index (κ2) is 8.93. The summed E-state index contributed by atoms with van der Waals surface area (Å²) in [5, 5.41) is 15.0. The molecular formula is C23H19N3O4S. The summed E-state index contributed by atoms with van der Waals surface area (Å²) in [4.78, 5) is 27.8. The van der Waals surface area contributed by atoms with Crippen LogP contribution in [-0.2, 0) is 6.54 Å². The standard InChI is InChI=1S/C23H19N3O4S/c1-2-30-20-12-11-17(13-19(20)26(28)29)22(27)24-14-15-7-9-16(10-8-15)23-25-18-5-3-4-6-21(18)31-23/h3-13H,2,14H2,1H3,(H,24,27). The van der Waals surface area contributed by atoms with Gasteiger partial charge in [0.2, 0.25) is 0 Å². The van der Waals surface area contributed by atoms with Crippen molar-refractivity contribution in [3.05, 3.63) is 88.0 Å². The molecule has 0 aliphatic rings. The van der Waals surface area contributed by atoms with Gasteiger partial charge in [-0.1, -0.05) is 36.4 Å². The molecule has 0 unspecified atom stereocenters. The van der Waals surface area contributed by atoms with Crippen molar-refractivity contribution < 1.29 is 14.5 Å². The number of nitrogens with one attached hydrogen (secondary N) is 1. The van der Waals surface area contributed by atoms with Gasteiger partial charge < -0.3 is 10.1 Å². The molecule has 31 heavy (non-hydrogen) atoms. The lowest BCUT2D eigenvalue weighted by Crippen LogP contribution is -2.22. The van der Waals surface area contributed by atoms with Crippen LogP contribution in [0.5, 0.6) is 5.75 Å². The van der Waals surface area contributed by atoms with E-state index in [-0.39, 0.29) is 22.9 Å². The van der Waals surface area contributed by atoms with Crippen LogP contribution in [0, 0.1) is 10.1 Å². The van der Waals surface area contributed by atoms with E-state index in [1.807, 2.05) is 48.5 Å². The number of nitro groups is 1. The molecule has 1 heterocycles. The number of para-hydroxylation sites is 1. The fourth-order valence-corrected chi connectivity index (χ4v) is 4.10. The molecule has 4 aromatic rings. The SMILES string of the molecule is CCOc1ccc(C(=O)NCc2ccc(-c3nc4ccccc4s3)cc2)cc1[N+](=O)[O-]. The number of ether oxygens (including phenoxy) is 1. The highest BCUT2D eigenvalue weighted by Crippen LogP contribution is 2.30. The molecule has 156 valence electrons. The molecular weight excluding hydrogens is 414 g/mol. The summed E-state index contributed by atoms with van der Waals surface area (Å²) in [6, 6.07) is 20.0. The summed E-state index contributed by atoms with van der Waals surface area (Å²) in [5.41, 5.74) is 2.89. The van der Waals surface area contributed by atoms with Crippen molar-refractivity contribution in [3.8, 4) is 16.3 Å². The predicted molar refractivity (Wildman–Crippen MR) is 120 cm³/mol. The number of rotatable bonds is 7. The van der Waals surface area contributed by atoms with Gasteiger partial charge in [-0.05, 0) is 36.8 Å². The second-order valence-corrected chi connectivity index (χ2v) is 7.77. The van der Waals surface area contributed by atoms with Crippen molar-refractivity contribution in [1.82, 2.24) is 10.3 Å². The predicted octanol–water partition coefficient (Wildman–Crippen LogP) is 5.20. The van der Waals surface area contributed by atoms with Crippen LogP contribution < -0.4 is 10.1 Å². The van der Waals surface area contributed by atoms with Crippen molar-refractivity contribution in [2.75, 3.05) is 6.61 Å². The quantitative estimate of drug-likeness (QED) is 0.319. The summed E-state index contributed by atoms with van der Waals surface area (Å²) >= 11 is 1.63. The van der Waals surface area contributed by atoms with Crippen molar-refractivity contribution in [2.45, 2.75) is 13.5 Å². The van der Waals surface area contributed by atoms with E-state index in [1.54, 1.807) is 18.3 Å². The maximum absolute atomic E-state index is 12.5. The first-order valence-corrected chi connectivity index (χ1v) is 10.5. The molecule has 4 rings (SSSR count). The van der Waals surface area contributed by atoms with Gasteiger partial charge in [-0.15, -0.1) is 11.3 Å². The highest BCUT2D eigenvalue weighted by atomic mass is 32.1. The molecule has 1 N–H and O–H groups in total. The zero-order valence-electron chi connectivity index (χ0n) is 16.7. The topological polar surface area (TPSA) is 94.4 Å². The van der Waals surface area contributed by atoms with E-state index in [9.17, 15) is 14.9 Å². The number of amides is 1. The Morgan fingerprint density at radius 1 is 1.13 bits per heavy atom. The number of carbonyl (C=O) groups excluding carboxylic acids is 1. The minimum absolute atomic E-state index is 0.148. The van der Waals surface area contributed by atoms with E-state index in [2.05, 4.69) is 10.3 Å². The monoisotopic (exact) mass is 433 g/mol. The highest BCUT2D eigenvalue weighted by molar-refractivity contribution is 7.21. The maximum atomic E-state index is 12.5. The Hall–Kier alpha value is -3.78. The molecule has 0 aliphatic heterocycles. The van der Waals surface area contributed by atoms with Crippen molar-refractivity contribution in [2.24, 2.45) is 0 Å². The second-order valence-electron chi connectivity index (χ2n) is 6.74. The normalized spacial score (nSPS) is 10.7. The first-order chi connectivity index (χ1) is 15.0. The van der Waals surface area contributed by atoms with Gasteiger partial charge >= 0.3 is 5.69 Å². The van der Waals surface area contributed by atoms with Gasteiger partial charge in [-0.2, -0.15) is 0 Å². The zero-order chi connectivity index (χ0) is 21.8. The van der Waals surface area contributed by atoms with E-state index >= 15 is 0 Å². The molecule has 1 amide bonds. The van der Waals surface area contributed by atoms with Gasteiger partial charge in [-0.3, -0.25) is 14.9 Å². The number of aromatic nitrogens is 1. The summed E-state index contributed by atoms with van der Waals surface area (Å²) in [5.74, 6) is -0.240. The lowest BCUT2D eigenvalue weighted by Gasteiger charge is -2.08. The molecule has 0 saturated carbocycles. The molecule has 0 spiro atoms. The number of carbonyl (C=O) groups is 1. The lowest BCUT2D eigenvalue weighted by atomic mass is 10.1. The molecule has 7 nitrogen and oxygen atoms in total. The maximum Gasteiger partial charge on any atom is 0.311 e. The van der Waals surface area contributed by atoms with Crippen LogP contribution >= 0.6 is 11.3 Å². The molecule has 3 aromatic carbocycles. The fraction of sp³-hybridized carbons (Fsp3) is 0.130. The van der Waals surface area contributed by atoms with E-state index in [0.717, 1.165) is 26.4 Å². The molecule has 0 atom stereocenters. The minimum Gasteiger partial charge on any atom is -0.487 e. The Morgan fingerprint density at radius 2 is 1.90 bits per heavy atom. The number of benzene rings is 3. The number of nitro benzene ring substituents is 1. The van der Waals surface area contributed by atoms with Crippen molar-refractivity contribution in [3.63, 3.8) is 0 Å². The fourth-order valence-electron chi connectivity index (χ4n) is 3.12. The first-order valence-electron chi connectivity index (χ1n) is 9.69. The van der Waals surface area contributed by atoms with Crippen LogP contribution in [0.4, 0.5) is 5.69 Å². The van der Waals surface area contributed by atoms with Crippen LogP contribution in [0.2, 0.25) is 0 Å². The Kier molecular flexibility index (Phi) is 5.90. The largest absolute Gasteiger partial charge is 0.487 e. The molecule has 8 heteroatoms. The Bertz CT molecular complexity index is 1220. The number of hydrogen-bond acceptors (Lipinski definition) is 6. The van der Waals surface area contributed by atoms with E-state index in [0.29, 0.717) is 13.2 Å². The van der Waals surface area contributed by atoms with Crippen LogP contribution in [0.3, 0.4) is 0 Å². The summed E-state index contributed by atoms with van der Waals surface area (Å²) in [6.07, 6.45) is 0. The molecule has 0 bridgehead atoms. The number of fused-ring (bicyclic) bond motifs is 1. The van der Waals surface area contributed by atoms with Gasteiger partial charge in [0.25, 0.3) is 5.91 Å². The molecule has 0 aliphatic carbocycles. The van der Waals surface area contributed by atoms with Crippen molar-refractivity contribution in [1.29, 1.82) is 0 Å². The first kappa shape index (κ1) is 20.5. The van der Waals surface area contributed by atoms with E-state index < -0.39 is 4.92 Å². The van der Waals surface area contributed by atoms with Gasteiger partial charge in [0.05, 0.1) is 21.7 Å².